The van der Waals surface area contributed by atoms with E-state index in [1.165, 1.54) is 11.8 Å². The van der Waals surface area contributed by atoms with Crippen LogP contribution in [0.1, 0.15) is 24.2 Å². The molecule has 2 aromatic carbocycles. The number of carbonyl (C=O) groups excluding carboxylic acids is 1. The summed E-state index contributed by atoms with van der Waals surface area (Å²) in [5.74, 6) is 1.39. The SMILES string of the molecule is O=C1/C(=C/c2ccc(OCCN3CCOCC3)c(-c3cnc4ccccc4c3)c2)SC(=S)N1CCCCc1nn[nH]n1. The van der Waals surface area contributed by atoms with E-state index in [-0.39, 0.29) is 5.91 Å². The van der Waals surface area contributed by atoms with Crippen molar-refractivity contribution in [1.29, 1.82) is 0 Å². The third-order valence-electron chi connectivity index (χ3n) is 7.27. The lowest BCUT2D eigenvalue weighted by molar-refractivity contribution is -0.122. The van der Waals surface area contributed by atoms with Gasteiger partial charge in [0.2, 0.25) is 0 Å². The predicted octanol–water partition coefficient (Wildman–Crippen LogP) is 4.35. The van der Waals surface area contributed by atoms with Gasteiger partial charge in [0, 0.05) is 55.3 Å². The van der Waals surface area contributed by atoms with Gasteiger partial charge in [-0.15, -0.1) is 10.2 Å². The summed E-state index contributed by atoms with van der Waals surface area (Å²) in [5, 5.41) is 15.0. The maximum Gasteiger partial charge on any atom is 0.266 e. The summed E-state index contributed by atoms with van der Waals surface area (Å²) in [4.78, 5) is 22.6. The molecule has 2 aliphatic rings. The van der Waals surface area contributed by atoms with Crippen LogP contribution >= 0.6 is 24.0 Å². The van der Waals surface area contributed by atoms with Crippen molar-refractivity contribution >= 4 is 51.2 Å². The van der Waals surface area contributed by atoms with Gasteiger partial charge in [-0.3, -0.25) is 19.6 Å². The largest absolute Gasteiger partial charge is 0.492 e. The first-order valence-electron chi connectivity index (χ1n) is 14.0. The summed E-state index contributed by atoms with van der Waals surface area (Å²) in [6, 6.07) is 16.2. The van der Waals surface area contributed by atoms with E-state index in [9.17, 15) is 4.79 Å². The molecule has 216 valence electrons. The van der Waals surface area contributed by atoms with Crippen LogP contribution in [0, 0.1) is 0 Å². The standard InChI is InChI=1S/C30H31N7O3S2/c38-29-27(42-30(41)37(29)10-4-3-7-28-32-34-35-33-28)18-21-8-9-26(40-16-13-36-11-14-39-15-12-36)24(17-21)23-19-22-5-1-2-6-25(22)31-20-23/h1-2,5-6,8-9,17-20H,3-4,7,10-16H2,(H,32,33,34,35)/b27-18-. The Morgan fingerprint density at radius 3 is 2.83 bits per heavy atom. The number of thiocarbonyl (C=S) groups is 1. The Morgan fingerprint density at radius 2 is 1.98 bits per heavy atom. The van der Waals surface area contributed by atoms with Crippen molar-refractivity contribution in [3.05, 3.63) is 71.0 Å². The number of aromatic amines is 1. The highest BCUT2D eigenvalue weighted by Gasteiger charge is 2.31. The lowest BCUT2D eigenvalue weighted by atomic mass is 10.0. The highest BCUT2D eigenvalue weighted by Crippen LogP contribution is 2.36. The highest BCUT2D eigenvalue weighted by atomic mass is 32.2. The fourth-order valence-electron chi connectivity index (χ4n) is 5.00. The number of thioether (sulfide) groups is 1. The van der Waals surface area contributed by atoms with Crippen LogP contribution in [0.25, 0.3) is 28.1 Å². The van der Waals surface area contributed by atoms with Crippen molar-refractivity contribution in [2.75, 3.05) is 46.0 Å². The number of hydrogen-bond donors (Lipinski definition) is 1. The van der Waals surface area contributed by atoms with Gasteiger partial charge in [-0.25, -0.2) is 0 Å². The fraction of sp³-hybridized carbons (Fsp3) is 0.333. The molecule has 6 rings (SSSR count). The van der Waals surface area contributed by atoms with Crippen molar-refractivity contribution in [1.82, 2.24) is 35.4 Å². The van der Waals surface area contributed by atoms with Gasteiger partial charge in [-0.1, -0.05) is 53.5 Å². The number of fused-ring (bicyclic) bond motifs is 1. The maximum atomic E-state index is 13.3. The van der Waals surface area contributed by atoms with Gasteiger partial charge in [0.05, 0.1) is 23.6 Å². The molecule has 0 bridgehead atoms. The van der Waals surface area contributed by atoms with Gasteiger partial charge < -0.3 is 9.47 Å². The van der Waals surface area contributed by atoms with Crippen LogP contribution < -0.4 is 4.74 Å². The summed E-state index contributed by atoms with van der Waals surface area (Å²) in [5.41, 5.74) is 3.73. The minimum absolute atomic E-state index is 0.0654. The number of nitrogens with zero attached hydrogens (tertiary/aromatic N) is 6. The minimum Gasteiger partial charge on any atom is -0.492 e. The molecule has 4 aromatic rings. The molecular formula is C30H31N7O3S2. The zero-order chi connectivity index (χ0) is 28.7. The number of amides is 1. The smallest absolute Gasteiger partial charge is 0.266 e. The van der Waals surface area contributed by atoms with Crippen molar-refractivity contribution in [2.45, 2.75) is 19.3 Å². The van der Waals surface area contributed by atoms with Gasteiger partial charge in [-0.2, -0.15) is 5.21 Å². The number of H-pyrrole nitrogens is 1. The number of carbonyl (C=O) groups is 1. The van der Waals surface area contributed by atoms with Crippen molar-refractivity contribution in [2.24, 2.45) is 0 Å². The molecule has 42 heavy (non-hydrogen) atoms. The molecule has 12 heteroatoms. The first-order chi connectivity index (χ1) is 20.6. The number of aryl methyl sites for hydroxylation is 1. The summed E-state index contributed by atoms with van der Waals surface area (Å²) >= 11 is 6.90. The molecule has 1 N–H and O–H groups in total. The number of morpholine rings is 1. The van der Waals surface area contributed by atoms with Crippen LogP contribution in [0.5, 0.6) is 5.75 Å². The van der Waals surface area contributed by atoms with E-state index in [2.05, 4.69) is 48.7 Å². The third-order valence-corrected chi connectivity index (χ3v) is 8.64. The number of benzene rings is 2. The molecule has 2 fully saturated rings. The molecule has 0 aliphatic carbocycles. The summed E-state index contributed by atoms with van der Waals surface area (Å²) in [6.45, 7) is 5.31. The van der Waals surface area contributed by atoms with Gasteiger partial charge in [0.1, 0.15) is 16.7 Å². The van der Waals surface area contributed by atoms with Crippen LogP contribution in [0.2, 0.25) is 0 Å². The molecule has 10 nitrogen and oxygen atoms in total. The summed E-state index contributed by atoms with van der Waals surface area (Å²) in [7, 11) is 0. The number of aromatic nitrogens is 5. The molecule has 2 aromatic heterocycles. The molecule has 0 radical (unpaired) electrons. The number of para-hydroxylation sites is 1. The lowest BCUT2D eigenvalue weighted by Gasteiger charge is -2.26. The number of nitrogens with one attached hydrogen (secondary N) is 1. The lowest BCUT2D eigenvalue weighted by Crippen LogP contribution is -2.38. The Bertz CT molecular complexity index is 1590. The Labute approximate surface area is 253 Å². The predicted molar refractivity (Wildman–Crippen MR) is 167 cm³/mol. The second kappa shape index (κ2) is 13.5. The quantitative estimate of drug-likeness (QED) is 0.151. The second-order valence-corrected chi connectivity index (χ2v) is 11.8. The van der Waals surface area contributed by atoms with Crippen LogP contribution in [-0.4, -0.2) is 91.6 Å². The number of rotatable bonds is 11. The van der Waals surface area contributed by atoms with Gasteiger partial charge in [0.25, 0.3) is 5.91 Å². The topological polar surface area (TPSA) is 109 Å². The van der Waals surface area contributed by atoms with Crippen LogP contribution in [0.15, 0.2) is 59.6 Å². The minimum atomic E-state index is -0.0654. The summed E-state index contributed by atoms with van der Waals surface area (Å²) < 4.78 is 12.4. The van der Waals surface area contributed by atoms with Crippen molar-refractivity contribution in [3.63, 3.8) is 0 Å². The molecule has 0 atom stereocenters. The van der Waals surface area contributed by atoms with Gasteiger partial charge >= 0.3 is 0 Å². The number of unbranched alkanes of at least 4 members (excludes halogenated alkanes) is 1. The van der Waals surface area contributed by atoms with E-state index in [0.717, 1.165) is 79.0 Å². The van der Waals surface area contributed by atoms with Gasteiger partial charge in [0.15, 0.2) is 5.82 Å². The Hall–Kier alpha value is -3.71. The molecule has 2 aliphatic heterocycles. The maximum absolute atomic E-state index is 13.3. The fourth-order valence-corrected chi connectivity index (χ4v) is 6.31. The Balaban J connectivity index is 1.19. The number of tetrazole rings is 1. The molecule has 1 amide bonds. The number of ether oxygens (including phenoxy) is 2. The molecule has 0 unspecified atom stereocenters. The highest BCUT2D eigenvalue weighted by molar-refractivity contribution is 8.26. The van der Waals surface area contributed by atoms with E-state index in [1.807, 2.05) is 42.6 Å². The van der Waals surface area contributed by atoms with Crippen LogP contribution in [0.3, 0.4) is 0 Å². The van der Waals surface area contributed by atoms with Crippen LogP contribution in [-0.2, 0) is 16.0 Å². The average molecular weight is 602 g/mol. The Morgan fingerprint density at radius 1 is 1.10 bits per heavy atom. The average Bonchev–Trinajstić information content (AvgIpc) is 3.63. The van der Waals surface area contributed by atoms with E-state index in [1.54, 1.807) is 4.90 Å². The number of pyridine rings is 1. The zero-order valence-electron chi connectivity index (χ0n) is 23.1. The molecule has 4 heterocycles. The molecule has 0 saturated carbocycles. The second-order valence-electron chi connectivity index (χ2n) is 10.1. The molecular weight excluding hydrogens is 571 g/mol. The first kappa shape index (κ1) is 28.4. The van der Waals surface area contributed by atoms with E-state index in [4.69, 9.17) is 21.7 Å². The van der Waals surface area contributed by atoms with Crippen molar-refractivity contribution < 1.29 is 14.3 Å². The normalized spacial score (nSPS) is 17.0. The third kappa shape index (κ3) is 6.84. The van der Waals surface area contributed by atoms with Crippen molar-refractivity contribution in [3.8, 4) is 16.9 Å². The van der Waals surface area contributed by atoms with E-state index >= 15 is 0 Å². The van der Waals surface area contributed by atoms with E-state index < -0.39 is 0 Å². The van der Waals surface area contributed by atoms with Crippen LogP contribution in [0.4, 0.5) is 0 Å². The monoisotopic (exact) mass is 601 g/mol. The summed E-state index contributed by atoms with van der Waals surface area (Å²) in [6.07, 6.45) is 6.13. The zero-order valence-corrected chi connectivity index (χ0v) is 24.7. The first-order valence-corrected chi connectivity index (χ1v) is 15.3. The van der Waals surface area contributed by atoms with E-state index in [0.29, 0.717) is 34.6 Å². The molecule has 2 saturated heterocycles. The molecule has 0 spiro atoms. The number of hydrogen-bond acceptors (Lipinski definition) is 10. The van der Waals surface area contributed by atoms with Gasteiger partial charge in [-0.05, 0) is 48.7 Å². The Kier molecular flexibility index (Phi) is 9.14.